The Labute approximate surface area is 188 Å². The SMILES string of the molecule is CCNC(=NCc1nncn1-c1ccccc1)NCCc1ccccc1OC.I. The van der Waals surface area contributed by atoms with Crippen LogP contribution in [0.15, 0.2) is 65.9 Å². The van der Waals surface area contributed by atoms with Gasteiger partial charge in [0.05, 0.1) is 7.11 Å². The number of nitrogens with one attached hydrogen (secondary N) is 2. The van der Waals surface area contributed by atoms with Crippen LogP contribution in [-0.2, 0) is 13.0 Å². The number of benzene rings is 2. The Morgan fingerprint density at radius 2 is 1.83 bits per heavy atom. The molecule has 2 aromatic carbocycles. The van der Waals surface area contributed by atoms with Crippen molar-refractivity contribution in [2.45, 2.75) is 19.9 Å². The van der Waals surface area contributed by atoms with E-state index >= 15 is 0 Å². The molecule has 0 atom stereocenters. The molecular weight excluding hydrogens is 479 g/mol. The summed E-state index contributed by atoms with van der Waals surface area (Å²) in [5.41, 5.74) is 2.18. The summed E-state index contributed by atoms with van der Waals surface area (Å²) >= 11 is 0. The van der Waals surface area contributed by atoms with Crippen molar-refractivity contribution in [3.05, 3.63) is 72.3 Å². The third kappa shape index (κ3) is 6.45. The summed E-state index contributed by atoms with van der Waals surface area (Å²) in [7, 11) is 1.70. The Hall–Kier alpha value is -2.62. The van der Waals surface area contributed by atoms with Crippen molar-refractivity contribution in [2.75, 3.05) is 20.2 Å². The fraction of sp³-hybridized carbons (Fsp3) is 0.286. The van der Waals surface area contributed by atoms with Gasteiger partial charge in [0.25, 0.3) is 0 Å². The second-order valence-corrected chi connectivity index (χ2v) is 6.14. The molecule has 1 aromatic heterocycles. The molecule has 0 fully saturated rings. The van der Waals surface area contributed by atoms with Crippen molar-refractivity contribution in [2.24, 2.45) is 4.99 Å². The number of ether oxygens (including phenoxy) is 1. The molecule has 8 heteroatoms. The van der Waals surface area contributed by atoms with Gasteiger partial charge in [-0.15, -0.1) is 34.2 Å². The molecule has 0 amide bonds. The van der Waals surface area contributed by atoms with Crippen LogP contribution in [0.25, 0.3) is 5.69 Å². The van der Waals surface area contributed by atoms with E-state index in [4.69, 9.17) is 4.74 Å². The maximum atomic E-state index is 5.41. The van der Waals surface area contributed by atoms with Gasteiger partial charge in [-0.2, -0.15) is 0 Å². The summed E-state index contributed by atoms with van der Waals surface area (Å²) in [6.45, 7) is 4.01. The molecule has 0 aliphatic carbocycles. The molecule has 0 bridgehead atoms. The summed E-state index contributed by atoms with van der Waals surface area (Å²) in [6.07, 6.45) is 2.55. The van der Waals surface area contributed by atoms with E-state index in [0.29, 0.717) is 6.54 Å². The first-order chi connectivity index (χ1) is 13.8. The quantitative estimate of drug-likeness (QED) is 0.279. The fourth-order valence-corrected chi connectivity index (χ4v) is 2.89. The third-order valence-electron chi connectivity index (χ3n) is 4.25. The molecule has 0 spiro atoms. The van der Waals surface area contributed by atoms with E-state index in [1.54, 1.807) is 13.4 Å². The van der Waals surface area contributed by atoms with Gasteiger partial charge in [0.15, 0.2) is 11.8 Å². The van der Waals surface area contributed by atoms with E-state index in [0.717, 1.165) is 48.3 Å². The zero-order chi connectivity index (χ0) is 19.6. The Kier molecular flexibility index (Phi) is 9.42. The molecule has 2 N–H and O–H groups in total. The van der Waals surface area contributed by atoms with Crippen LogP contribution in [-0.4, -0.2) is 40.9 Å². The lowest BCUT2D eigenvalue weighted by Crippen LogP contribution is -2.38. The minimum atomic E-state index is 0. The van der Waals surface area contributed by atoms with Crippen LogP contribution < -0.4 is 15.4 Å². The Balaban J connectivity index is 0.00000300. The highest BCUT2D eigenvalue weighted by molar-refractivity contribution is 14.0. The second-order valence-electron chi connectivity index (χ2n) is 6.14. The number of halogens is 1. The van der Waals surface area contributed by atoms with Gasteiger partial charge in [0, 0.05) is 18.8 Å². The molecule has 0 aliphatic heterocycles. The summed E-state index contributed by atoms with van der Waals surface area (Å²) in [6, 6.07) is 18.1. The highest BCUT2D eigenvalue weighted by atomic mass is 127. The van der Waals surface area contributed by atoms with Crippen LogP contribution in [0.4, 0.5) is 0 Å². The molecule has 0 aliphatic rings. The number of methoxy groups -OCH3 is 1. The van der Waals surface area contributed by atoms with Crippen molar-refractivity contribution in [3.8, 4) is 11.4 Å². The molecule has 154 valence electrons. The molecule has 0 saturated carbocycles. The summed E-state index contributed by atoms with van der Waals surface area (Å²) < 4.78 is 7.36. The maximum Gasteiger partial charge on any atom is 0.191 e. The second kappa shape index (κ2) is 12.1. The number of guanidine groups is 1. The monoisotopic (exact) mass is 506 g/mol. The topological polar surface area (TPSA) is 76.4 Å². The van der Waals surface area contributed by atoms with Gasteiger partial charge >= 0.3 is 0 Å². The average Bonchev–Trinajstić information content (AvgIpc) is 3.21. The standard InChI is InChI=1S/C21H26N6O.HI/c1-3-22-21(23-14-13-17-9-7-8-12-19(17)28-2)24-15-20-26-25-16-27(20)18-10-5-4-6-11-18;/h4-12,16H,3,13-15H2,1-2H3,(H2,22,23,24);1H. The predicted octanol–water partition coefficient (Wildman–Crippen LogP) is 3.19. The lowest BCUT2D eigenvalue weighted by molar-refractivity contribution is 0.409. The lowest BCUT2D eigenvalue weighted by Gasteiger charge is -2.13. The van der Waals surface area contributed by atoms with Gasteiger partial charge in [0.1, 0.15) is 18.6 Å². The van der Waals surface area contributed by atoms with Crippen molar-refractivity contribution in [1.82, 2.24) is 25.4 Å². The summed E-state index contributed by atoms with van der Waals surface area (Å²) in [5.74, 6) is 2.44. The zero-order valence-electron chi connectivity index (χ0n) is 16.7. The lowest BCUT2D eigenvalue weighted by atomic mass is 10.1. The molecule has 3 rings (SSSR count). The number of hydrogen-bond donors (Lipinski definition) is 2. The van der Waals surface area contributed by atoms with Gasteiger partial charge < -0.3 is 15.4 Å². The smallest absolute Gasteiger partial charge is 0.191 e. The Morgan fingerprint density at radius 1 is 1.07 bits per heavy atom. The first-order valence-corrected chi connectivity index (χ1v) is 9.40. The van der Waals surface area contributed by atoms with Gasteiger partial charge in [-0.1, -0.05) is 36.4 Å². The fourth-order valence-electron chi connectivity index (χ4n) is 2.89. The Morgan fingerprint density at radius 3 is 2.59 bits per heavy atom. The average molecular weight is 506 g/mol. The number of aliphatic imine (C=N–C) groups is 1. The van der Waals surface area contributed by atoms with Crippen LogP contribution in [0, 0.1) is 0 Å². The van der Waals surface area contributed by atoms with Gasteiger partial charge in [-0.25, -0.2) is 4.99 Å². The van der Waals surface area contributed by atoms with Crippen LogP contribution in [0.5, 0.6) is 5.75 Å². The number of aromatic nitrogens is 3. The van der Waals surface area contributed by atoms with Crippen molar-refractivity contribution >= 4 is 29.9 Å². The first-order valence-electron chi connectivity index (χ1n) is 9.40. The molecule has 1 heterocycles. The van der Waals surface area contributed by atoms with Crippen LogP contribution in [0.2, 0.25) is 0 Å². The summed E-state index contributed by atoms with van der Waals surface area (Å²) in [5, 5.41) is 14.9. The Bertz CT molecular complexity index is 897. The van der Waals surface area contributed by atoms with Crippen LogP contribution in [0.3, 0.4) is 0 Å². The summed E-state index contributed by atoms with van der Waals surface area (Å²) in [4.78, 5) is 4.66. The highest BCUT2D eigenvalue weighted by Gasteiger charge is 2.07. The molecular formula is C21H27IN6O. The minimum absolute atomic E-state index is 0. The number of nitrogens with zero attached hydrogens (tertiary/aromatic N) is 4. The normalized spacial score (nSPS) is 10.9. The zero-order valence-corrected chi connectivity index (χ0v) is 19.0. The minimum Gasteiger partial charge on any atom is -0.496 e. The van der Waals surface area contributed by atoms with E-state index in [1.165, 1.54) is 0 Å². The predicted molar refractivity (Wildman–Crippen MR) is 126 cm³/mol. The van der Waals surface area contributed by atoms with E-state index in [-0.39, 0.29) is 24.0 Å². The molecule has 0 saturated heterocycles. The van der Waals surface area contributed by atoms with Gasteiger partial charge in [-0.05, 0) is 37.1 Å². The number of para-hydroxylation sites is 2. The van der Waals surface area contributed by atoms with Gasteiger partial charge in [-0.3, -0.25) is 4.57 Å². The van der Waals surface area contributed by atoms with Crippen molar-refractivity contribution in [1.29, 1.82) is 0 Å². The van der Waals surface area contributed by atoms with E-state index in [1.807, 2.05) is 60.0 Å². The molecule has 0 radical (unpaired) electrons. The van der Waals surface area contributed by atoms with E-state index < -0.39 is 0 Å². The number of rotatable bonds is 8. The highest BCUT2D eigenvalue weighted by Crippen LogP contribution is 2.17. The molecule has 7 nitrogen and oxygen atoms in total. The molecule has 0 unspecified atom stereocenters. The molecule has 3 aromatic rings. The first kappa shape index (κ1) is 22.7. The van der Waals surface area contributed by atoms with E-state index in [9.17, 15) is 0 Å². The van der Waals surface area contributed by atoms with Crippen LogP contribution >= 0.6 is 24.0 Å². The van der Waals surface area contributed by atoms with E-state index in [2.05, 4.69) is 31.9 Å². The van der Waals surface area contributed by atoms with Crippen molar-refractivity contribution in [3.63, 3.8) is 0 Å². The van der Waals surface area contributed by atoms with Crippen LogP contribution in [0.1, 0.15) is 18.3 Å². The maximum absolute atomic E-state index is 5.41. The largest absolute Gasteiger partial charge is 0.496 e. The van der Waals surface area contributed by atoms with Crippen molar-refractivity contribution < 1.29 is 4.74 Å². The number of hydrogen-bond acceptors (Lipinski definition) is 4. The molecule has 29 heavy (non-hydrogen) atoms. The van der Waals surface area contributed by atoms with Gasteiger partial charge in [0.2, 0.25) is 0 Å². The third-order valence-corrected chi connectivity index (χ3v) is 4.25.